The van der Waals surface area contributed by atoms with Gasteiger partial charge in [-0.3, -0.25) is 4.79 Å². The summed E-state index contributed by atoms with van der Waals surface area (Å²) < 4.78 is 0. The van der Waals surface area contributed by atoms with Crippen molar-refractivity contribution in [3.8, 4) is 0 Å². The third-order valence-corrected chi connectivity index (χ3v) is 3.59. The van der Waals surface area contributed by atoms with Crippen LogP contribution in [0.5, 0.6) is 0 Å². The van der Waals surface area contributed by atoms with Crippen LogP contribution in [-0.2, 0) is 4.79 Å². The first kappa shape index (κ1) is 11.5. The van der Waals surface area contributed by atoms with Crippen LogP contribution in [0.25, 0.3) is 0 Å². The lowest BCUT2D eigenvalue weighted by Crippen LogP contribution is -2.32. The molecular formula is C12H23NO. The van der Waals surface area contributed by atoms with E-state index < -0.39 is 0 Å². The van der Waals surface area contributed by atoms with Gasteiger partial charge in [0, 0.05) is 19.5 Å². The number of carbonyl (C=O) groups is 1. The molecule has 1 aliphatic rings. The van der Waals surface area contributed by atoms with Crippen LogP contribution >= 0.6 is 0 Å². The van der Waals surface area contributed by atoms with Crippen molar-refractivity contribution in [3.05, 3.63) is 0 Å². The normalized spacial score (nSPS) is 26.5. The Balaban J connectivity index is 2.39. The second-order valence-corrected chi connectivity index (χ2v) is 4.44. The van der Waals surface area contributed by atoms with Gasteiger partial charge < -0.3 is 4.90 Å². The lowest BCUT2D eigenvalue weighted by Gasteiger charge is -2.22. The van der Waals surface area contributed by atoms with Crippen molar-refractivity contribution in [2.45, 2.75) is 46.5 Å². The van der Waals surface area contributed by atoms with Gasteiger partial charge in [0.15, 0.2) is 0 Å². The summed E-state index contributed by atoms with van der Waals surface area (Å²) in [5.74, 6) is 1.77. The van der Waals surface area contributed by atoms with E-state index in [0.717, 1.165) is 25.4 Å². The Morgan fingerprint density at radius 2 is 1.93 bits per heavy atom. The first-order valence-electron chi connectivity index (χ1n) is 5.96. The minimum absolute atomic E-state index is 0.355. The molecule has 0 aromatic heterocycles. The van der Waals surface area contributed by atoms with Crippen molar-refractivity contribution >= 4 is 5.91 Å². The van der Waals surface area contributed by atoms with Crippen molar-refractivity contribution in [2.75, 3.05) is 13.1 Å². The first-order valence-corrected chi connectivity index (χ1v) is 5.96. The number of hydrogen-bond acceptors (Lipinski definition) is 1. The molecule has 2 atom stereocenters. The number of carbonyl (C=O) groups excluding carboxylic acids is 1. The van der Waals surface area contributed by atoms with Gasteiger partial charge in [0.2, 0.25) is 5.91 Å². The van der Waals surface area contributed by atoms with E-state index in [1.807, 2.05) is 4.90 Å². The second-order valence-electron chi connectivity index (χ2n) is 4.44. The molecule has 0 spiro atoms. The summed E-state index contributed by atoms with van der Waals surface area (Å²) in [6.45, 7) is 8.11. The molecule has 0 unspecified atom stereocenters. The van der Waals surface area contributed by atoms with E-state index in [9.17, 15) is 4.79 Å². The molecule has 2 heteroatoms. The largest absolute Gasteiger partial charge is 0.343 e. The fourth-order valence-corrected chi connectivity index (χ4v) is 2.46. The Morgan fingerprint density at radius 3 is 2.36 bits per heavy atom. The molecule has 0 aliphatic heterocycles. The van der Waals surface area contributed by atoms with Crippen LogP contribution in [0.4, 0.5) is 0 Å². The third kappa shape index (κ3) is 2.73. The fraction of sp³-hybridized carbons (Fsp3) is 0.917. The van der Waals surface area contributed by atoms with Crippen molar-refractivity contribution in [2.24, 2.45) is 11.8 Å². The molecule has 0 heterocycles. The van der Waals surface area contributed by atoms with E-state index in [1.54, 1.807) is 0 Å². The zero-order valence-corrected chi connectivity index (χ0v) is 9.75. The average Bonchev–Trinajstić information content (AvgIpc) is 2.54. The molecule has 0 aromatic carbocycles. The molecule has 0 N–H and O–H groups in total. The van der Waals surface area contributed by atoms with Gasteiger partial charge in [0.1, 0.15) is 0 Å². The summed E-state index contributed by atoms with van der Waals surface area (Å²) in [5, 5.41) is 0. The third-order valence-electron chi connectivity index (χ3n) is 3.59. The quantitative estimate of drug-likeness (QED) is 0.678. The van der Waals surface area contributed by atoms with Gasteiger partial charge in [0.05, 0.1) is 0 Å². The summed E-state index contributed by atoms with van der Waals surface area (Å²) in [4.78, 5) is 13.8. The summed E-state index contributed by atoms with van der Waals surface area (Å²) in [5.41, 5.74) is 0. The van der Waals surface area contributed by atoms with Crippen LogP contribution < -0.4 is 0 Å². The second kappa shape index (κ2) is 5.38. The van der Waals surface area contributed by atoms with Crippen molar-refractivity contribution in [1.82, 2.24) is 4.90 Å². The van der Waals surface area contributed by atoms with Gasteiger partial charge >= 0.3 is 0 Å². The van der Waals surface area contributed by atoms with Crippen LogP contribution in [0.1, 0.15) is 46.5 Å². The standard InChI is InChI=1S/C12H23NO/c1-4-13(5-2)12(14)9-11-8-6-7-10(11)3/h10-11H,4-9H2,1-3H3/t10-,11-/m0/s1. The number of rotatable bonds is 4. The topological polar surface area (TPSA) is 20.3 Å². The molecule has 0 bridgehead atoms. The van der Waals surface area contributed by atoms with Gasteiger partial charge in [-0.2, -0.15) is 0 Å². The Kier molecular flexibility index (Phi) is 4.43. The highest BCUT2D eigenvalue weighted by atomic mass is 16.2. The fourth-order valence-electron chi connectivity index (χ4n) is 2.46. The monoisotopic (exact) mass is 197 g/mol. The highest BCUT2D eigenvalue weighted by molar-refractivity contribution is 5.76. The van der Waals surface area contributed by atoms with Crippen LogP contribution in [-0.4, -0.2) is 23.9 Å². The highest BCUT2D eigenvalue weighted by Crippen LogP contribution is 2.33. The van der Waals surface area contributed by atoms with Crippen molar-refractivity contribution < 1.29 is 4.79 Å². The van der Waals surface area contributed by atoms with Crippen LogP contribution in [0.15, 0.2) is 0 Å². The van der Waals surface area contributed by atoms with E-state index in [0.29, 0.717) is 11.8 Å². The summed E-state index contributed by atoms with van der Waals surface area (Å²) >= 11 is 0. The van der Waals surface area contributed by atoms with Crippen LogP contribution in [0.3, 0.4) is 0 Å². The maximum atomic E-state index is 11.8. The van der Waals surface area contributed by atoms with E-state index >= 15 is 0 Å². The minimum Gasteiger partial charge on any atom is -0.343 e. The molecule has 1 rings (SSSR count). The predicted molar refractivity (Wildman–Crippen MR) is 59.1 cm³/mol. The molecule has 14 heavy (non-hydrogen) atoms. The van der Waals surface area contributed by atoms with Gasteiger partial charge in [-0.25, -0.2) is 0 Å². The zero-order valence-electron chi connectivity index (χ0n) is 9.75. The maximum Gasteiger partial charge on any atom is 0.222 e. The van der Waals surface area contributed by atoms with Gasteiger partial charge in [-0.15, -0.1) is 0 Å². The maximum absolute atomic E-state index is 11.8. The van der Waals surface area contributed by atoms with Gasteiger partial charge in [-0.05, 0) is 32.1 Å². The lowest BCUT2D eigenvalue weighted by molar-refractivity contribution is -0.132. The predicted octanol–water partition coefficient (Wildman–Crippen LogP) is 2.68. The average molecular weight is 197 g/mol. The van der Waals surface area contributed by atoms with E-state index in [1.165, 1.54) is 19.3 Å². The van der Waals surface area contributed by atoms with Crippen LogP contribution in [0, 0.1) is 11.8 Å². The highest BCUT2D eigenvalue weighted by Gasteiger charge is 2.26. The van der Waals surface area contributed by atoms with Crippen molar-refractivity contribution in [1.29, 1.82) is 0 Å². The van der Waals surface area contributed by atoms with Crippen molar-refractivity contribution in [3.63, 3.8) is 0 Å². The number of amides is 1. The Morgan fingerprint density at radius 1 is 1.29 bits per heavy atom. The molecule has 1 aliphatic carbocycles. The smallest absolute Gasteiger partial charge is 0.222 e. The molecule has 0 saturated heterocycles. The lowest BCUT2D eigenvalue weighted by atomic mass is 9.94. The summed E-state index contributed by atoms with van der Waals surface area (Å²) in [6.07, 6.45) is 4.67. The molecule has 1 amide bonds. The molecule has 1 fully saturated rings. The molecule has 2 nitrogen and oxygen atoms in total. The Bertz CT molecular complexity index is 187. The summed E-state index contributed by atoms with van der Waals surface area (Å²) in [7, 11) is 0. The molecule has 0 aromatic rings. The molecular weight excluding hydrogens is 174 g/mol. The molecule has 1 saturated carbocycles. The van der Waals surface area contributed by atoms with Gasteiger partial charge in [0.25, 0.3) is 0 Å². The van der Waals surface area contributed by atoms with E-state index in [-0.39, 0.29) is 0 Å². The minimum atomic E-state index is 0.355. The molecule has 82 valence electrons. The Hall–Kier alpha value is -0.530. The molecule has 0 radical (unpaired) electrons. The number of hydrogen-bond donors (Lipinski definition) is 0. The number of nitrogens with zero attached hydrogens (tertiary/aromatic N) is 1. The SMILES string of the molecule is CCN(CC)C(=O)C[C@@H]1CCC[C@@H]1C. The zero-order chi connectivity index (χ0) is 10.6. The van der Waals surface area contributed by atoms with Crippen LogP contribution in [0.2, 0.25) is 0 Å². The van der Waals surface area contributed by atoms with Gasteiger partial charge in [-0.1, -0.05) is 19.8 Å². The first-order chi connectivity index (χ1) is 6.69. The van der Waals surface area contributed by atoms with E-state index in [2.05, 4.69) is 20.8 Å². The Labute approximate surface area is 87.7 Å². The summed E-state index contributed by atoms with van der Waals surface area (Å²) in [6, 6.07) is 0. The van der Waals surface area contributed by atoms with E-state index in [4.69, 9.17) is 0 Å².